The zero-order chi connectivity index (χ0) is 14.3. The lowest BCUT2D eigenvalue weighted by atomic mass is 10.1. The summed E-state index contributed by atoms with van der Waals surface area (Å²) in [6.07, 6.45) is 0. The van der Waals surface area contributed by atoms with Crippen molar-refractivity contribution in [3.8, 4) is 5.75 Å². The maximum Gasteiger partial charge on any atom is 0.123 e. The highest BCUT2D eigenvalue weighted by atomic mass is 16.5. The minimum absolute atomic E-state index is 0.398. The number of rotatable bonds is 8. The average Bonchev–Trinajstić information content (AvgIpc) is 2.44. The summed E-state index contributed by atoms with van der Waals surface area (Å²) in [5.41, 5.74) is 7.96. The average molecular weight is 266 g/mol. The number of methoxy groups -OCH3 is 2. The van der Waals surface area contributed by atoms with Crippen LogP contribution in [-0.2, 0) is 17.8 Å². The Labute approximate surface area is 116 Å². The fourth-order valence-electron chi connectivity index (χ4n) is 2.22. The van der Waals surface area contributed by atoms with Gasteiger partial charge in [0.2, 0.25) is 0 Å². The van der Waals surface area contributed by atoms with E-state index in [0.717, 1.165) is 31.0 Å². The molecule has 0 saturated heterocycles. The van der Waals surface area contributed by atoms with E-state index in [2.05, 4.69) is 30.9 Å². The van der Waals surface area contributed by atoms with Gasteiger partial charge in [-0.15, -0.1) is 0 Å². The summed E-state index contributed by atoms with van der Waals surface area (Å²) in [7, 11) is 3.42. The zero-order valence-electron chi connectivity index (χ0n) is 12.5. The van der Waals surface area contributed by atoms with E-state index in [9.17, 15) is 0 Å². The van der Waals surface area contributed by atoms with Gasteiger partial charge in [0.1, 0.15) is 5.75 Å². The molecule has 0 radical (unpaired) electrons. The van der Waals surface area contributed by atoms with Gasteiger partial charge in [-0.2, -0.15) is 0 Å². The molecule has 0 saturated carbocycles. The molecule has 19 heavy (non-hydrogen) atoms. The van der Waals surface area contributed by atoms with Gasteiger partial charge in [0.25, 0.3) is 0 Å². The molecule has 0 heterocycles. The van der Waals surface area contributed by atoms with Crippen LogP contribution in [0, 0.1) is 0 Å². The second kappa shape index (κ2) is 8.15. The summed E-state index contributed by atoms with van der Waals surface area (Å²) >= 11 is 0. The molecule has 4 heteroatoms. The van der Waals surface area contributed by atoms with Gasteiger partial charge in [0, 0.05) is 31.8 Å². The van der Waals surface area contributed by atoms with Crippen molar-refractivity contribution in [2.24, 2.45) is 5.73 Å². The van der Waals surface area contributed by atoms with E-state index in [0.29, 0.717) is 12.6 Å². The molecule has 108 valence electrons. The van der Waals surface area contributed by atoms with E-state index in [1.165, 1.54) is 5.56 Å². The Morgan fingerprint density at radius 2 is 2.05 bits per heavy atom. The maximum atomic E-state index is 5.68. The number of nitrogens with two attached hydrogens (primary N) is 1. The third-order valence-corrected chi connectivity index (χ3v) is 3.39. The number of hydrogen-bond acceptors (Lipinski definition) is 4. The Kier molecular flexibility index (Phi) is 6.84. The Balaban J connectivity index is 2.79. The standard InChI is InChI=1S/C15H26N2O2/c1-5-17(12(2)11-18-3)10-13-6-7-14(9-16)15(8-13)19-4/h6-8,12H,5,9-11,16H2,1-4H3. The van der Waals surface area contributed by atoms with Crippen LogP contribution in [0.5, 0.6) is 5.75 Å². The van der Waals surface area contributed by atoms with Gasteiger partial charge in [0.15, 0.2) is 0 Å². The maximum absolute atomic E-state index is 5.68. The van der Waals surface area contributed by atoms with Crippen molar-refractivity contribution in [3.05, 3.63) is 29.3 Å². The number of benzene rings is 1. The molecular weight excluding hydrogens is 240 g/mol. The number of hydrogen-bond donors (Lipinski definition) is 1. The summed E-state index contributed by atoms with van der Waals surface area (Å²) in [6, 6.07) is 6.63. The van der Waals surface area contributed by atoms with Crippen LogP contribution in [0.2, 0.25) is 0 Å². The summed E-state index contributed by atoms with van der Waals surface area (Å²) in [6.45, 7) is 7.47. The lowest BCUT2D eigenvalue weighted by Gasteiger charge is -2.27. The van der Waals surface area contributed by atoms with Gasteiger partial charge in [-0.3, -0.25) is 4.90 Å². The van der Waals surface area contributed by atoms with Gasteiger partial charge in [-0.05, 0) is 25.1 Å². The molecule has 0 fully saturated rings. The first kappa shape index (κ1) is 16.0. The normalized spacial score (nSPS) is 12.7. The topological polar surface area (TPSA) is 47.7 Å². The first-order valence-corrected chi connectivity index (χ1v) is 6.75. The van der Waals surface area contributed by atoms with Crippen LogP contribution in [0.1, 0.15) is 25.0 Å². The van der Waals surface area contributed by atoms with Gasteiger partial charge in [-0.25, -0.2) is 0 Å². The van der Waals surface area contributed by atoms with Gasteiger partial charge in [-0.1, -0.05) is 19.1 Å². The van der Waals surface area contributed by atoms with Crippen LogP contribution in [0.3, 0.4) is 0 Å². The molecule has 1 atom stereocenters. The minimum atomic E-state index is 0.398. The van der Waals surface area contributed by atoms with Crippen LogP contribution in [0.15, 0.2) is 18.2 Å². The lowest BCUT2D eigenvalue weighted by Crippen LogP contribution is -2.35. The van der Waals surface area contributed by atoms with Crippen molar-refractivity contribution in [1.29, 1.82) is 0 Å². The molecule has 0 aromatic heterocycles. The summed E-state index contributed by atoms with van der Waals surface area (Å²) < 4.78 is 10.6. The van der Waals surface area contributed by atoms with Gasteiger partial charge < -0.3 is 15.2 Å². The smallest absolute Gasteiger partial charge is 0.123 e. The number of likely N-dealkylation sites (N-methyl/N-ethyl adjacent to an activating group) is 1. The quantitative estimate of drug-likeness (QED) is 0.782. The van der Waals surface area contributed by atoms with E-state index in [1.54, 1.807) is 14.2 Å². The van der Waals surface area contributed by atoms with Crippen LogP contribution >= 0.6 is 0 Å². The molecule has 0 aliphatic heterocycles. The number of nitrogens with zero attached hydrogens (tertiary/aromatic N) is 1. The summed E-state index contributed by atoms with van der Waals surface area (Å²) in [5.74, 6) is 0.871. The second-order valence-corrected chi connectivity index (χ2v) is 4.72. The molecule has 1 aromatic rings. The first-order chi connectivity index (χ1) is 9.15. The lowest BCUT2D eigenvalue weighted by molar-refractivity contribution is 0.0981. The highest BCUT2D eigenvalue weighted by Crippen LogP contribution is 2.21. The van der Waals surface area contributed by atoms with E-state index >= 15 is 0 Å². The summed E-state index contributed by atoms with van der Waals surface area (Å²) in [5, 5.41) is 0. The fraction of sp³-hybridized carbons (Fsp3) is 0.600. The van der Waals surface area contributed by atoms with Crippen molar-refractivity contribution < 1.29 is 9.47 Å². The van der Waals surface area contributed by atoms with Crippen molar-refractivity contribution in [1.82, 2.24) is 4.90 Å². The largest absolute Gasteiger partial charge is 0.496 e. The highest BCUT2D eigenvalue weighted by Gasteiger charge is 2.13. The van der Waals surface area contributed by atoms with E-state index in [4.69, 9.17) is 15.2 Å². The Morgan fingerprint density at radius 3 is 2.58 bits per heavy atom. The third kappa shape index (κ3) is 4.49. The molecule has 0 aliphatic rings. The van der Waals surface area contributed by atoms with Crippen molar-refractivity contribution in [3.63, 3.8) is 0 Å². The SMILES string of the molecule is CCN(Cc1ccc(CN)c(OC)c1)C(C)COC. The molecule has 1 aromatic carbocycles. The minimum Gasteiger partial charge on any atom is -0.496 e. The molecule has 0 bridgehead atoms. The predicted molar refractivity (Wildman–Crippen MR) is 78.3 cm³/mol. The van der Waals surface area contributed by atoms with Crippen LogP contribution in [-0.4, -0.2) is 38.3 Å². The Hall–Kier alpha value is -1.10. The predicted octanol–water partition coefficient (Wildman–Crippen LogP) is 2.01. The monoisotopic (exact) mass is 266 g/mol. The van der Waals surface area contributed by atoms with Gasteiger partial charge >= 0.3 is 0 Å². The second-order valence-electron chi connectivity index (χ2n) is 4.72. The fourth-order valence-corrected chi connectivity index (χ4v) is 2.22. The Bertz CT molecular complexity index is 382. The zero-order valence-corrected chi connectivity index (χ0v) is 12.5. The van der Waals surface area contributed by atoms with E-state index < -0.39 is 0 Å². The molecule has 0 spiro atoms. The molecule has 1 unspecified atom stereocenters. The third-order valence-electron chi connectivity index (χ3n) is 3.39. The van der Waals surface area contributed by atoms with Crippen LogP contribution < -0.4 is 10.5 Å². The van der Waals surface area contributed by atoms with Crippen molar-refractivity contribution in [2.75, 3.05) is 27.4 Å². The molecule has 0 aliphatic carbocycles. The molecule has 1 rings (SSSR count). The van der Waals surface area contributed by atoms with Crippen LogP contribution in [0.25, 0.3) is 0 Å². The van der Waals surface area contributed by atoms with Gasteiger partial charge in [0.05, 0.1) is 13.7 Å². The van der Waals surface area contributed by atoms with Crippen molar-refractivity contribution >= 4 is 0 Å². The van der Waals surface area contributed by atoms with E-state index in [-0.39, 0.29) is 0 Å². The van der Waals surface area contributed by atoms with Crippen LogP contribution in [0.4, 0.5) is 0 Å². The number of ether oxygens (including phenoxy) is 2. The van der Waals surface area contributed by atoms with Crippen molar-refractivity contribution in [2.45, 2.75) is 33.0 Å². The highest BCUT2D eigenvalue weighted by molar-refractivity contribution is 5.37. The Morgan fingerprint density at radius 1 is 1.32 bits per heavy atom. The van der Waals surface area contributed by atoms with E-state index in [1.807, 2.05) is 6.07 Å². The molecular formula is C15H26N2O2. The molecule has 2 N–H and O–H groups in total. The summed E-state index contributed by atoms with van der Waals surface area (Å²) in [4.78, 5) is 2.38. The first-order valence-electron chi connectivity index (χ1n) is 6.75. The molecule has 4 nitrogen and oxygen atoms in total. The molecule has 0 amide bonds.